The molecule has 0 radical (unpaired) electrons. The average Bonchev–Trinajstić information content (AvgIpc) is 3.46. The number of ether oxygens (including phenoxy) is 1. The van der Waals surface area contributed by atoms with Crippen LogP contribution in [0.4, 0.5) is 11.4 Å². The molecular weight excluding hydrogens is 418 g/mol. The Morgan fingerprint density at radius 3 is 2.69 bits per heavy atom. The fraction of sp³-hybridized carbons (Fsp3) is 0.269. The second kappa shape index (κ2) is 9.18. The highest BCUT2D eigenvalue weighted by Gasteiger charge is 2.16. The molecule has 6 heteroatoms. The lowest BCUT2D eigenvalue weighted by molar-refractivity contribution is -0.116. The Kier molecular flexibility index (Phi) is 5.97. The quantitative estimate of drug-likeness (QED) is 0.405. The number of nitrogens with one attached hydrogen (secondary N) is 2. The van der Waals surface area contributed by atoms with Gasteiger partial charge in [0, 0.05) is 41.8 Å². The molecule has 0 atom stereocenters. The number of thiophene rings is 1. The second-order valence-electron chi connectivity index (χ2n) is 8.20. The first-order valence-corrected chi connectivity index (χ1v) is 11.9. The van der Waals surface area contributed by atoms with Crippen LogP contribution in [0.2, 0.25) is 0 Å². The Bertz CT molecular complexity index is 1210. The van der Waals surface area contributed by atoms with E-state index in [4.69, 9.17) is 4.74 Å². The van der Waals surface area contributed by atoms with Gasteiger partial charge in [-0.3, -0.25) is 4.79 Å². The van der Waals surface area contributed by atoms with E-state index in [-0.39, 0.29) is 5.91 Å². The van der Waals surface area contributed by atoms with Gasteiger partial charge in [-0.1, -0.05) is 17.7 Å². The third-order valence-corrected chi connectivity index (χ3v) is 6.85. The summed E-state index contributed by atoms with van der Waals surface area (Å²) < 4.78 is 5.42. The van der Waals surface area contributed by atoms with Crippen molar-refractivity contribution in [3.63, 3.8) is 0 Å². The smallest absolute Gasteiger partial charge is 0.224 e. The number of morpholine rings is 1. The Hall–Kier alpha value is -3.09. The first-order valence-electron chi connectivity index (χ1n) is 11.0. The van der Waals surface area contributed by atoms with Gasteiger partial charge in [-0.15, -0.1) is 11.3 Å². The number of H-pyrrole nitrogens is 1. The lowest BCUT2D eigenvalue weighted by Crippen LogP contribution is -2.36. The predicted octanol–water partition coefficient (Wildman–Crippen LogP) is 5.61. The van der Waals surface area contributed by atoms with Crippen LogP contribution in [0.3, 0.4) is 0 Å². The fourth-order valence-corrected chi connectivity index (χ4v) is 5.04. The molecule has 2 N–H and O–H groups in total. The van der Waals surface area contributed by atoms with Gasteiger partial charge in [0.2, 0.25) is 5.91 Å². The molecule has 32 heavy (non-hydrogen) atoms. The number of anilines is 2. The molecule has 1 saturated heterocycles. The third kappa shape index (κ3) is 4.42. The molecule has 0 saturated carbocycles. The highest BCUT2D eigenvalue weighted by Crippen LogP contribution is 2.34. The number of aryl methyl sites for hydroxylation is 2. The van der Waals surface area contributed by atoms with Gasteiger partial charge in [-0.05, 0) is 66.8 Å². The first-order chi connectivity index (χ1) is 15.7. The molecule has 3 heterocycles. The van der Waals surface area contributed by atoms with Crippen molar-refractivity contribution in [3.8, 4) is 10.6 Å². The van der Waals surface area contributed by atoms with Gasteiger partial charge in [0.25, 0.3) is 0 Å². The van der Waals surface area contributed by atoms with Gasteiger partial charge >= 0.3 is 0 Å². The second-order valence-corrected chi connectivity index (χ2v) is 9.15. The van der Waals surface area contributed by atoms with Crippen LogP contribution in [0, 0.1) is 6.92 Å². The summed E-state index contributed by atoms with van der Waals surface area (Å²) in [5, 5.41) is 6.35. The van der Waals surface area contributed by atoms with E-state index >= 15 is 0 Å². The maximum Gasteiger partial charge on any atom is 0.224 e. The van der Waals surface area contributed by atoms with Crippen molar-refractivity contribution >= 4 is 39.5 Å². The molecule has 2 aromatic carbocycles. The van der Waals surface area contributed by atoms with E-state index in [2.05, 4.69) is 70.0 Å². The standard InChI is InChI=1S/C26H27N3O2S/c1-18-4-10-23-22(17-18)21(26(28-23)24-3-2-16-32-24)9-11-25(30)27-19-5-7-20(8-6-19)29-12-14-31-15-13-29/h2-8,10,16-17,28H,9,11-15H2,1H3,(H,27,30). The summed E-state index contributed by atoms with van der Waals surface area (Å²) >= 11 is 1.72. The molecule has 1 aliphatic rings. The predicted molar refractivity (Wildman–Crippen MR) is 133 cm³/mol. The molecule has 1 aliphatic heterocycles. The van der Waals surface area contributed by atoms with E-state index in [0.717, 1.165) is 43.2 Å². The number of amides is 1. The van der Waals surface area contributed by atoms with Crippen molar-refractivity contribution in [1.29, 1.82) is 0 Å². The van der Waals surface area contributed by atoms with E-state index in [9.17, 15) is 4.79 Å². The number of nitrogens with zero attached hydrogens (tertiary/aromatic N) is 1. The normalized spacial score (nSPS) is 14.1. The number of rotatable bonds is 6. The van der Waals surface area contributed by atoms with Crippen LogP contribution in [0.1, 0.15) is 17.5 Å². The zero-order valence-electron chi connectivity index (χ0n) is 18.2. The minimum atomic E-state index is 0.0308. The molecular formula is C26H27N3O2S. The van der Waals surface area contributed by atoms with E-state index in [0.29, 0.717) is 12.8 Å². The van der Waals surface area contributed by atoms with Gasteiger partial charge in [0.05, 0.1) is 23.8 Å². The fourth-order valence-electron chi connectivity index (χ4n) is 4.29. The van der Waals surface area contributed by atoms with Gasteiger partial charge in [0.1, 0.15) is 0 Å². The van der Waals surface area contributed by atoms with Crippen molar-refractivity contribution in [2.45, 2.75) is 19.8 Å². The summed E-state index contributed by atoms with van der Waals surface area (Å²) in [4.78, 5) is 19.8. The molecule has 2 aromatic heterocycles. The SMILES string of the molecule is Cc1ccc2[nH]c(-c3cccs3)c(CCC(=O)Nc3ccc(N4CCOCC4)cc3)c2c1. The first kappa shape index (κ1) is 20.8. The van der Waals surface area contributed by atoms with Crippen LogP contribution in [-0.2, 0) is 16.0 Å². The zero-order valence-corrected chi connectivity index (χ0v) is 19.0. The van der Waals surface area contributed by atoms with Crippen molar-refractivity contribution in [2.24, 2.45) is 0 Å². The summed E-state index contributed by atoms with van der Waals surface area (Å²) in [6, 6.07) is 18.7. The molecule has 1 fully saturated rings. The summed E-state index contributed by atoms with van der Waals surface area (Å²) in [5.41, 5.74) is 6.68. The van der Waals surface area contributed by atoms with Crippen LogP contribution in [0.15, 0.2) is 60.0 Å². The average molecular weight is 446 g/mol. The number of benzene rings is 2. The maximum absolute atomic E-state index is 12.7. The van der Waals surface area contributed by atoms with Crippen LogP contribution in [0.5, 0.6) is 0 Å². The minimum Gasteiger partial charge on any atom is -0.378 e. The molecule has 164 valence electrons. The molecule has 0 unspecified atom stereocenters. The lowest BCUT2D eigenvalue weighted by atomic mass is 10.0. The number of aromatic amines is 1. The summed E-state index contributed by atoms with van der Waals surface area (Å²) in [6.07, 6.45) is 1.12. The molecule has 0 bridgehead atoms. The molecule has 5 nitrogen and oxygen atoms in total. The van der Waals surface area contributed by atoms with Gasteiger partial charge in [0.15, 0.2) is 0 Å². The van der Waals surface area contributed by atoms with Gasteiger partial charge in [-0.25, -0.2) is 0 Å². The van der Waals surface area contributed by atoms with E-state index in [1.807, 2.05) is 12.1 Å². The number of hydrogen-bond donors (Lipinski definition) is 2. The van der Waals surface area contributed by atoms with Crippen molar-refractivity contribution in [1.82, 2.24) is 4.98 Å². The summed E-state index contributed by atoms with van der Waals surface area (Å²) in [5.74, 6) is 0.0308. The maximum atomic E-state index is 12.7. The van der Waals surface area contributed by atoms with Gasteiger partial charge in [-0.2, -0.15) is 0 Å². The largest absolute Gasteiger partial charge is 0.378 e. The third-order valence-electron chi connectivity index (χ3n) is 5.96. The minimum absolute atomic E-state index is 0.0308. The Labute approximate surface area is 192 Å². The number of aromatic nitrogens is 1. The number of carbonyl (C=O) groups is 1. The molecule has 5 rings (SSSR count). The lowest BCUT2D eigenvalue weighted by Gasteiger charge is -2.28. The molecule has 1 amide bonds. The van der Waals surface area contributed by atoms with E-state index < -0.39 is 0 Å². The summed E-state index contributed by atoms with van der Waals surface area (Å²) in [6.45, 7) is 5.44. The monoisotopic (exact) mass is 445 g/mol. The van der Waals surface area contributed by atoms with E-state index in [1.54, 1.807) is 11.3 Å². The number of fused-ring (bicyclic) bond motifs is 1. The van der Waals surface area contributed by atoms with Crippen LogP contribution in [-0.4, -0.2) is 37.2 Å². The highest BCUT2D eigenvalue weighted by atomic mass is 32.1. The summed E-state index contributed by atoms with van der Waals surface area (Å²) in [7, 11) is 0. The Morgan fingerprint density at radius 2 is 1.94 bits per heavy atom. The zero-order chi connectivity index (χ0) is 21.9. The van der Waals surface area contributed by atoms with Gasteiger partial charge < -0.3 is 19.9 Å². The van der Waals surface area contributed by atoms with Crippen molar-refractivity contribution in [2.75, 3.05) is 36.5 Å². The van der Waals surface area contributed by atoms with Crippen molar-refractivity contribution in [3.05, 3.63) is 71.1 Å². The highest BCUT2D eigenvalue weighted by molar-refractivity contribution is 7.13. The van der Waals surface area contributed by atoms with Crippen molar-refractivity contribution < 1.29 is 9.53 Å². The van der Waals surface area contributed by atoms with Crippen LogP contribution < -0.4 is 10.2 Å². The molecule has 0 spiro atoms. The Morgan fingerprint density at radius 1 is 1.12 bits per heavy atom. The molecule has 4 aromatic rings. The Balaban J connectivity index is 1.29. The molecule has 0 aliphatic carbocycles. The topological polar surface area (TPSA) is 57.4 Å². The number of hydrogen-bond acceptors (Lipinski definition) is 4. The van der Waals surface area contributed by atoms with Crippen LogP contribution >= 0.6 is 11.3 Å². The number of carbonyl (C=O) groups excluding carboxylic acids is 1. The van der Waals surface area contributed by atoms with Crippen LogP contribution in [0.25, 0.3) is 21.5 Å². The van der Waals surface area contributed by atoms with E-state index in [1.165, 1.54) is 27.1 Å².